The second-order valence-corrected chi connectivity index (χ2v) is 8.49. The average Bonchev–Trinajstić information content (AvgIpc) is 2.97. The van der Waals surface area contributed by atoms with Crippen LogP contribution in [0, 0.1) is 6.92 Å². The third-order valence-corrected chi connectivity index (χ3v) is 4.91. The molecule has 1 aromatic carbocycles. The van der Waals surface area contributed by atoms with Crippen LogP contribution in [0.2, 0.25) is 0 Å². The number of rotatable bonds is 6. The summed E-state index contributed by atoms with van der Waals surface area (Å²) < 4.78 is 0. The second-order valence-electron chi connectivity index (χ2n) is 7.12. The molecule has 1 aromatic heterocycles. The number of thiophene rings is 1. The van der Waals surface area contributed by atoms with Gasteiger partial charge in [0, 0.05) is 28.3 Å². The molecule has 0 saturated carbocycles. The Morgan fingerprint density at radius 1 is 1.00 bits per heavy atom. The highest BCUT2D eigenvalue weighted by molar-refractivity contribution is 7.11. The van der Waals surface area contributed by atoms with Gasteiger partial charge in [0.15, 0.2) is 0 Å². The van der Waals surface area contributed by atoms with E-state index in [4.69, 9.17) is 0 Å². The van der Waals surface area contributed by atoms with E-state index in [0.29, 0.717) is 18.7 Å². The number of benzene rings is 1. The Bertz CT molecular complexity index is 727. The first-order chi connectivity index (χ1) is 11.8. The van der Waals surface area contributed by atoms with Gasteiger partial charge in [-0.25, -0.2) is 0 Å². The fourth-order valence-electron chi connectivity index (χ4n) is 2.37. The normalized spacial score (nSPS) is 11.2. The molecule has 2 aromatic rings. The molecule has 1 heterocycles. The molecule has 4 nitrogen and oxygen atoms in total. The van der Waals surface area contributed by atoms with E-state index in [9.17, 15) is 9.59 Å². The van der Waals surface area contributed by atoms with E-state index in [1.165, 1.54) is 10.4 Å². The monoisotopic (exact) mass is 358 g/mol. The zero-order valence-corrected chi connectivity index (χ0v) is 16.1. The van der Waals surface area contributed by atoms with Crippen molar-refractivity contribution in [3.05, 3.63) is 57.3 Å². The summed E-state index contributed by atoms with van der Waals surface area (Å²) in [4.78, 5) is 26.3. The smallest absolute Gasteiger partial charge is 0.251 e. The van der Waals surface area contributed by atoms with Gasteiger partial charge in [-0.15, -0.1) is 11.3 Å². The zero-order chi connectivity index (χ0) is 18.4. The lowest BCUT2D eigenvalue weighted by Crippen LogP contribution is -2.30. The summed E-state index contributed by atoms with van der Waals surface area (Å²) in [5.41, 5.74) is 1.86. The first-order valence-electron chi connectivity index (χ1n) is 8.46. The SMILES string of the molecule is Cc1ccc(CNC(=O)CCNC(=O)c2ccc(C(C)(C)C)cc2)s1. The molecule has 25 heavy (non-hydrogen) atoms. The minimum Gasteiger partial charge on any atom is -0.352 e. The maximum Gasteiger partial charge on any atom is 0.251 e. The molecule has 0 radical (unpaired) electrons. The summed E-state index contributed by atoms with van der Waals surface area (Å²) in [6.07, 6.45) is 0.274. The van der Waals surface area contributed by atoms with Crippen LogP contribution in [0.3, 0.4) is 0 Å². The summed E-state index contributed by atoms with van der Waals surface area (Å²) >= 11 is 1.67. The molecule has 2 N–H and O–H groups in total. The largest absolute Gasteiger partial charge is 0.352 e. The van der Waals surface area contributed by atoms with Crippen molar-refractivity contribution in [2.75, 3.05) is 6.54 Å². The lowest BCUT2D eigenvalue weighted by atomic mass is 9.87. The lowest BCUT2D eigenvalue weighted by Gasteiger charge is -2.19. The predicted molar refractivity (Wildman–Crippen MR) is 103 cm³/mol. The Morgan fingerprint density at radius 2 is 1.68 bits per heavy atom. The van der Waals surface area contributed by atoms with Crippen LogP contribution in [-0.2, 0) is 16.8 Å². The summed E-state index contributed by atoms with van der Waals surface area (Å²) in [5, 5.41) is 5.66. The molecular formula is C20H26N2O2S. The van der Waals surface area contributed by atoms with E-state index in [1.54, 1.807) is 11.3 Å². The van der Waals surface area contributed by atoms with Gasteiger partial charge in [0.05, 0.1) is 6.54 Å². The lowest BCUT2D eigenvalue weighted by molar-refractivity contribution is -0.121. The molecule has 0 fully saturated rings. The van der Waals surface area contributed by atoms with Gasteiger partial charge in [-0.1, -0.05) is 32.9 Å². The van der Waals surface area contributed by atoms with Crippen molar-refractivity contribution in [3.63, 3.8) is 0 Å². The van der Waals surface area contributed by atoms with Crippen LogP contribution in [0.15, 0.2) is 36.4 Å². The molecule has 0 aliphatic heterocycles. The van der Waals surface area contributed by atoms with E-state index in [0.717, 1.165) is 4.88 Å². The minimum atomic E-state index is -0.151. The number of carbonyl (C=O) groups is 2. The third-order valence-electron chi connectivity index (χ3n) is 3.91. The van der Waals surface area contributed by atoms with E-state index >= 15 is 0 Å². The summed E-state index contributed by atoms with van der Waals surface area (Å²) in [6.45, 7) is 9.32. The van der Waals surface area contributed by atoms with Gasteiger partial charge >= 0.3 is 0 Å². The topological polar surface area (TPSA) is 58.2 Å². The number of hydrogen-bond acceptors (Lipinski definition) is 3. The van der Waals surface area contributed by atoms with Crippen LogP contribution in [0.4, 0.5) is 0 Å². The Hall–Kier alpha value is -2.14. The fourth-order valence-corrected chi connectivity index (χ4v) is 3.20. The van der Waals surface area contributed by atoms with Gasteiger partial charge < -0.3 is 10.6 Å². The molecule has 0 bridgehead atoms. The molecule has 0 aliphatic carbocycles. The average molecular weight is 359 g/mol. The quantitative estimate of drug-likeness (QED) is 0.825. The summed E-state index contributed by atoms with van der Waals surface area (Å²) in [7, 11) is 0. The molecular weight excluding hydrogens is 332 g/mol. The maximum atomic E-state index is 12.1. The number of aryl methyl sites for hydroxylation is 1. The van der Waals surface area contributed by atoms with Crippen LogP contribution < -0.4 is 10.6 Å². The summed E-state index contributed by atoms with van der Waals surface area (Å²) in [5.74, 6) is -0.212. The van der Waals surface area contributed by atoms with Crippen LogP contribution >= 0.6 is 11.3 Å². The van der Waals surface area contributed by atoms with Crippen molar-refractivity contribution in [1.82, 2.24) is 10.6 Å². The highest BCUT2D eigenvalue weighted by atomic mass is 32.1. The standard InChI is InChI=1S/C20H26N2O2S/c1-14-5-10-17(25-14)13-22-18(23)11-12-21-19(24)15-6-8-16(9-7-15)20(2,3)4/h5-10H,11-13H2,1-4H3,(H,21,24)(H,22,23). The molecule has 2 amide bonds. The number of nitrogens with one attached hydrogen (secondary N) is 2. The van der Waals surface area contributed by atoms with Crippen LogP contribution in [0.1, 0.15) is 52.9 Å². The van der Waals surface area contributed by atoms with Crippen molar-refractivity contribution < 1.29 is 9.59 Å². The van der Waals surface area contributed by atoms with Crippen molar-refractivity contribution in [1.29, 1.82) is 0 Å². The van der Waals surface area contributed by atoms with Crippen molar-refractivity contribution >= 4 is 23.2 Å². The van der Waals surface area contributed by atoms with Gasteiger partial charge in [0.2, 0.25) is 5.91 Å². The first-order valence-corrected chi connectivity index (χ1v) is 9.28. The van der Waals surface area contributed by atoms with E-state index in [-0.39, 0.29) is 23.7 Å². The number of amides is 2. The number of carbonyl (C=O) groups excluding carboxylic acids is 2. The predicted octanol–water partition coefficient (Wildman–Crippen LogP) is 3.79. The highest BCUT2D eigenvalue weighted by Crippen LogP contribution is 2.22. The maximum absolute atomic E-state index is 12.1. The first kappa shape index (κ1) is 19.2. The van der Waals surface area contributed by atoms with E-state index in [1.807, 2.05) is 43.3 Å². The molecule has 0 aliphatic rings. The van der Waals surface area contributed by atoms with Gasteiger partial charge in [-0.3, -0.25) is 9.59 Å². The molecule has 134 valence electrons. The van der Waals surface area contributed by atoms with Crippen LogP contribution in [0.5, 0.6) is 0 Å². The Morgan fingerprint density at radius 3 is 2.24 bits per heavy atom. The second kappa shape index (κ2) is 8.30. The van der Waals surface area contributed by atoms with Gasteiger partial charge in [0.25, 0.3) is 5.91 Å². The molecule has 5 heteroatoms. The third kappa shape index (κ3) is 6.02. The zero-order valence-electron chi connectivity index (χ0n) is 15.3. The number of hydrogen-bond donors (Lipinski definition) is 2. The minimum absolute atomic E-state index is 0.0607. The van der Waals surface area contributed by atoms with E-state index < -0.39 is 0 Å². The fraction of sp³-hybridized carbons (Fsp3) is 0.400. The molecule has 0 saturated heterocycles. The highest BCUT2D eigenvalue weighted by Gasteiger charge is 2.14. The Balaban J connectivity index is 1.73. The van der Waals surface area contributed by atoms with Gasteiger partial charge in [0.1, 0.15) is 0 Å². The van der Waals surface area contributed by atoms with E-state index in [2.05, 4.69) is 31.4 Å². The molecule has 2 rings (SSSR count). The Labute approximate surface area is 153 Å². The van der Waals surface area contributed by atoms with Gasteiger partial charge in [-0.05, 0) is 42.2 Å². The van der Waals surface area contributed by atoms with Crippen LogP contribution in [-0.4, -0.2) is 18.4 Å². The molecule has 0 atom stereocenters. The van der Waals surface area contributed by atoms with Crippen molar-refractivity contribution in [3.8, 4) is 0 Å². The van der Waals surface area contributed by atoms with Crippen LogP contribution in [0.25, 0.3) is 0 Å². The van der Waals surface area contributed by atoms with Crippen molar-refractivity contribution in [2.45, 2.75) is 46.1 Å². The van der Waals surface area contributed by atoms with Crippen molar-refractivity contribution in [2.24, 2.45) is 0 Å². The molecule has 0 unspecified atom stereocenters. The molecule has 0 spiro atoms. The summed E-state index contributed by atoms with van der Waals surface area (Å²) in [6, 6.07) is 11.7. The van der Waals surface area contributed by atoms with Gasteiger partial charge in [-0.2, -0.15) is 0 Å². The Kier molecular flexibility index (Phi) is 6.37.